The maximum Gasteiger partial charge on any atom is 0.416 e. The number of anilines is 1. The SMILES string of the molecule is CCCC(Cl)CNc1cc(C(F)(F)F)ccn1. The zero-order valence-corrected chi connectivity index (χ0v) is 10.1. The van der Waals surface area contributed by atoms with Gasteiger partial charge in [0, 0.05) is 12.7 Å². The van der Waals surface area contributed by atoms with E-state index in [1.807, 2.05) is 6.92 Å². The van der Waals surface area contributed by atoms with Gasteiger partial charge < -0.3 is 5.32 Å². The summed E-state index contributed by atoms with van der Waals surface area (Å²) in [4.78, 5) is 3.82. The molecule has 0 amide bonds. The lowest BCUT2D eigenvalue weighted by Gasteiger charge is -2.12. The van der Waals surface area contributed by atoms with E-state index in [0.717, 1.165) is 31.2 Å². The molecule has 1 atom stereocenters. The van der Waals surface area contributed by atoms with E-state index >= 15 is 0 Å². The Balaban J connectivity index is 2.60. The molecule has 0 spiro atoms. The Labute approximate surface area is 103 Å². The summed E-state index contributed by atoms with van der Waals surface area (Å²) < 4.78 is 37.2. The molecule has 0 aliphatic rings. The van der Waals surface area contributed by atoms with Gasteiger partial charge in [0.05, 0.1) is 10.9 Å². The van der Waals surface area contributed by atoms with Crippen LogP contribution in [0.25, 0.3) is 0 Å². The molecular weight excluding hydrogens is 253 g/mol. The lowest BCUT2D eigenvalue weighted by atomic mass is 10.2. The van der Waals surface area contributed by atoms with Crippen molar-refractivity contribution in [3.63, 3.8) is 0 Å². The molecule has 1 N–H and O–H groups in total. The number of nitrogens with zero attached hydrogens (tertiary/aromatic N) is 1. The molecule has 0 bridgehead atoms. The highest BCUT2D eigenvalue weighted by Gasteiger charge is 2.30. The van der Waals surface area contributed by atoms with Crippen molar-refractivity contribution in [2.45, 2.75) is 31.3 Å². The Bertz CT molecular complexity index is 355. The van der Waals surface area contributed by atoms with Gasteiger partial charge in [0.25, 0.3) is 0 Å². The summed E-state index contributed by atoms with van der Waals surface area (Å²) in [5.74, 6) is 0.196. The lowest BCUT2D eigenvalue weighted by molar-refractivity contribution is -0.137. The summed E-state index contributed by atoms with van der Waals surface area (Å²) in [5.41, 5.74) is -0.711. The minimum absolute atomic E-state index is 0.101. The zero-order chi connectivity index (χ0) is 12.9. The predicted octanol–water partition coefficient (Wildman–Crippen LogP) is 3.92. The predicted molar refractivity (Wildman–Crippen MR) is 62.3 cm³/mol. The molecule has 96 valence electrons. The molecule has 1 unspecified atom stereocenters. The maximum absolute atomic E-state index is 12.4. The van der Waals surface area contributed by atoms with Crippen molar-refractivity contribution >= 4 is 17.4 Å². The molecule has 1 aromatic rings. The number of aromatic nitrogens is 1. The van der Waals surface area contributed by atoms with Crippen LogP contribution in [0.2, 0.25) is 0 Å². The molecule has 0 aliphatic carbocycles. The molecule has 1 heterocycles. The van der Waals surface area contributed by atoms with Crippen LogP contribution in [0, 0.1) is 0 Å². The number of hydrogen-bond donors (Lipinski definition) is 1. The minimum atomic E-state index is -4.34. The Morgan fingerprint density at radius 2 is 2.18 bits per heavy atom. The molecule has 0 aromatic carbocycles. The zero-order valence-electron chi connectivity index (χ0n) is 9.39. The molecule has 1 rings (SSSR count). The van der Waals surface area contributed by atoms with Crippen LogP contribution < -0.4 is 5.32 Å². The Kier molecular flexibility index (Phi) is 5.05. The normalized spacial score (nSPS) is 13.5. The van der Waals surface area contributed by atoms with Crippen LogP contribution in [-0.2, 0) is 6.18 Å². The van der Waals surface area contributed by atoms with Crippen molar-refractivity contribution in [1.29, 1.82) is 0 Å². The standard InChI is InChI=1S/C11H14ClF3N2/c1-2-3-9(12)7-17-10-6-8(4-5-16-10)11(13,14)15/h4-6,9H,2-3,7H2,1H3,(H,16,17). The van der Waals surface area contributed by atoms with Gasteiger partial charge in [-0.05, 0) is 18.6 Å². The van der Waals surface area contributed by atoms with E-state index in [0.29, 0.717) is 6.54 Å². The first kappa shape index (κ1) is 14.1. The molecule has 2 nitrogen and oxygen atoms in total. The molecule has 1 aromatic heterocycles. The fourth-order valence-electron chi connectivity index (χ4n) is 1.33. The average Bonchev–Trinajstić information content (AvgIpc) is 2.26. The Morgan fingerprint density at radius 3 is 2.76 bits per heavy atom. The number of halogens is 4. The van der Waals surface area contributed by atoms with Crippen molar-refractivity contribution in [2.24, 2.45) is 0 Å². The van der Waals surface area contributed by atoms with Gasteiger partial charge in [0.2, 0.25) is 0 Å². The lowest BCUT2D eigenvalue weighted by Crippen LogP contribution is -2.15. The van der Waals surface area contributed by atoms with Crippen LogP contribution in [0.1, 0.15) is 25.3 Å². The van der Waals surface area contributed by atoms with Gasteiger partial charge in [0.15, 0.2) is 0 Å². The van der Waals surface area contributed by atoms with E-state index in [-0.39, 0.29) is 11.2 Å². The fraction of sp³-hybridized carbons (Fsp3) is 0.545. The van der Waals surface area contributed by atoms with Crippen molar-refractivity contribution in [3.05, 3.63) is 23.9 Å². The van der Waals surface area contributed by atoms with Gasteiger partial charge in [-0.3, -0.25) is 0 Å². The second-order valence-electron chi connectivity index (χ2n) is 3.69. The highest BCUT2D eigenvalue weighted by molar-refractivity contribution is 6.20. The van der Waals surface area contributed by atoms with Crippen LogP contribution in [-0.4, -0.2) is 16.9 Å². The molecule has 0 saturated carbocycles. The Hall–Kier alpha value is -0.970. The topological polar surface area (TPSA) is 24.9 Å². The molecule has 0 saturated heterocycles. The van der Waals surface area contributed by atoms with Gasteiger partial charge in [-0.25, -0.2) is 4.98 Å². The second-order valence-corrected chi connectivity index (χ2v) is 4.31. The van der Waals surface area contributed by atoms with Crippen molar-refractivity contribution < 1.29 is 13.2 Å². The number of alkyl halides is 4. The van der Waals surface area contributed by atoms with Crippen LogP contribution in [0.3, 0.4) is 0 Å². The largest absolute Gasteiger partial charge is 0.416 e. The van der Waals surface area contributed by atoms with E-state index in [1.165, 1.54) is 0 Å². The maximum atomic E-state index is 12.4. The van der Waals surface area contributed by atoms with Gasteiger partial charge >= 0.3 is 6.18 Å². The molecule has 0 radical (unpaired) electrons. The van der Waals surface area contributed by atoms with Crippen LogP contribution in [0.15, 0.2) is 18.3 Å². The monoisotopic (exact) mass is 266 g/mol. The van der Waals surface area contributed by atoms with E-state index < -0.39 is 11.7 Å². The highest BCUT2D eigenvalue weighted by Crippen LogP contribution is 2.29. The molecule has 17 heavy (non-hydrogen) atoms. The summed E-state index contributed by atoms with van der Waals surface area (Å²) in [7, 11) is 0. The van der Waals surface area contributed by atoms with Crippen LogP contribution in [0.5, 0.6) is 0 Å². The first-order valence-corrected chi connectivity index (χ1v) is 5.78. The van der Waals surface area contributed by atoms with Gasteiger partial charge in [-0.2, -0.15) is 13.2 Å². The summed E-state index contributed by atoms with van der Waals surface area (Å²) in [5, 5.41) is 2.70. The van der Waals surface area contributed by atoms with Gasteiger partial charge in [-0.1, -0.05) is 13.3 Å². The molecule has 0 aliphatic heterocycles. The third-order valence-corrected chi connectivity index (χ3v) is 2.57. The van der Waals surface area contributed by atoms with E-state index in [9.17, 15) is 13.2 Å². The molecule has 0 fully saturated rings. The molecule has 6 heteroatoms. The third kappa shape index (κ3) is 4.81. The van der Waals surface area contributed by atoms with Crippen LogP contribution in [0.4, 0.5) is 19.0 Å². The minimum Gasteiger partial charge on any atom is -0.369 e. The van der Waals surface area contributed by atoms with Crippen molar-refractivity contribution in [2.75, 3.05) is 11.9 Å². The average molecular weight is 267 g/mol. The summed E-state index contributed by atoms with van der Waals surface area (Å²) in [6, 6.07) is 1.92. The fourth-order valence-corrected chi connectivity index (χ4v) is 1.63. The first-order valence-electron chi connectivity index (χ1n) is 5.34. The third-order valence-electron chi connectivity index (χ3n) is 2.19. The summed E-state index contributed by atoms with van der Waals surface area (Å²) in [6.07, 6.45) is -1.46. The van der Waals surface area contributed by atoms with E-state index in [2.05, 4.69) is 10.3 Å². The second kappa shape index (κ2) is 6.10. The highest BCUT2D eigenvalue weighted by atomic mass is 35.5. The van der Waals surface area contributed by atoms with E-state index in [4.69, 9.17) is 11.6 Å². The smallest absolute Gasteiger partial charge is 0.369 e. The van der Waals surface area contributed by atoms with Crippen LogP contribution >= 0.6 is 11.6 Å². The van der Waals surface area contributed by atoms with Crippen molar-refractivity contribution in [1.82, 2.24) is 4.98 Å². The van der Waals surface area contributed by atoms with Crippen molar-refractivity contribution in [3.8, 4) is 0 Å². The summed E-state index contributed by atoms with van der Waals surface area (Å²) in [6.45, 7) is 2.40. The van der Waals surface area contributed by atoms with E-state index in [1.54, 1.807) is 0 Å². The quantitative estimate of drug-likeness (QED) is 0.817. The number of rotatable bonds is 5. The molecular formula is C11H14ClF3N2. The number of pyridine rings is 1. The van der Waals surface area contributed by atoms with Gasteiger partial charge in [0.1, 0.15) is 5.82 Å². The number of hydrogen-bond acceptors (Lipinski definition) is 2. The Morgan fingerprint density at radius 1 is 1.47 bits per heavy atom. The number of nitrogens with one attached hydrogen (secondary N) is 1. The summed E-state index contributed by atoms with van der Waals surface area (Å²) >= 11 is 5.95. The van der Waals surface area contributed by atoms with Gasteiger partial charge in [-0.15, -0.1) is 11.6 Å². The first-order chi connectivity index (χ1) is 7.93.